The number of nitrogens with zero attached hydrogens (tertiary/aromatic N) is 2. The third-order valence-electron chi connectivity index (χ3n) is 4.62. The second-order valence-corrected chi connectivity index (χ2v) is 7.98. The molecule has 0 unspecified atom stereocenters. The van der Waals surface area contributed by atoms with Crippen LogP contribution in [0.15, 0.2) is 12.7 Å². The Bertz CT molecular complexity index is 597. The molecule has 0 radical (unpaired) electrons. The zero-order valence-corrected chi connectivity index (χ0v) is 16.0. The van der Waals surface area contributed by atoms with Crippen molar-refractivity contribution in [2.45, 2.75) is 37.1 Å². The molecule has 9 heteroatoms. The summed E-state index contributed by atoms with van der Waals surface area (Å²) in [5, 5.41) is 11.3. The van der Waals surface area contributed by atoms with Crippen LogP contribution in [-0.2, 0) is 19.1 Å². The molecule has 2 heterocycles. The Morgan fingerprint density at radius 3 is 2.85 bits per heavy atom. The smallest absolute Gasteiger partial charge is 0.373 e. The lowest BCUT2D eigenvalue weighted by atomic mass is 10.2. The maximum atomic E-state index is 12.7. The average molecular weight is 382 g/mol. The molecule has 0 aromatic rings. The number of thioether (sulfide) groups is 1. The van der Waals surface area contributed by atoms with Gasteiger partial charge in [-0.3, -0.25) is 15.0 Å². The molecule has 8 nitrogen and oxygen atoms in total. The summed E-state index contributed by atoms with van der Waals surface area (Å²) in [6.07, 6.45) is 2.79. The fourth-order valence-corrected chi connectivity index (χ4v) is 4.16. The Morgan fingerprint density at radius 2 is 2.19 bits per heavy atom. The largest absolute Gasteiger partial charge is 0.456 e. The Labute approximate surface area is 157 Å². The SMILES string of the molecule is C=CCOC(=O)C(=N)N(C)[C@H]1CCN(C(=O)[C@@H]2C[C@H](SC(C)=O)CN2)C1. The number of rotatable bonds is 5. The molecule has 2 aliphatic rings. The second kappa shape index (κ2) is 9.18. The molecular weight excluding hydrogens is 356 g/mol. The van der Waals surface area contributed by atoms with Gasteiger partial charge in [0.05, 0.1) is 6.04 Å². The van der Waals surface area contributed by atoms with Gasteiger partial charge >= 0.3 is 5.97 Å². The van der Waals surface area contributed by atoms with E-state index < -0.39 is 5.97 Å². The van der Waals surface area contributed by atoms with Gasteiger partial charge in [0.1, 0.15) is 6.61 Å². The maximum absolute atomic E-state index is 12.7. The number of esters is 1. The van der Waals surface area contributed by atoms with Gasteiger partial charge in [-0.15, -0.1) is 0 Å². The number of hydrogen-bond acceptors (Lipinski definition) is 7. The first-order chi connectivity index (χ1) is 12.3. The van der Waals surface area contributed by atoms with Crippen LogP contribution < -0.4 is 5.32 Å². The molecule has 26 heavy (non-hydrogen) atoms. The van der Waals surface area contributed by atoms with Crippen molar-refractivity contribution in [3.8, 4) is 0 Å². The zero-order chi connectivity index (χ0) is 19.3. The molecule has 2 N–H and O–H groups in total. The molecule has 1 amide bonds. The molecule has 0 bridgehead atoms. The molecule has 3 atom stereocenters. The molecule has 2 aliphatic heterocycles. The summed E-state index contributed by atoms with van der Waals surface area (Å²) in [4.78, 5) is 39.0. The van der Waals surface area contributed by atoms with Crippen LogP contribution in [0, 0.1) is 5.41 Å². The normalized spacial score (nSPS) is 25.0. The van der Waals surface area contributed by atoms with Crippen LogP contribution in [0.25, 0.3) is 0 Å². The van der Waals surface area contributed by atoms with E-state index in [-0.39, 0.29) is 40.8 Å². The number of nitrogens with one attached hydrogen (secondary N) is 2. The quantitative estimate of drug-likeness (QED) is 0.304. The summed E-state index contributed by atoms with van der Waals surface area (Å²) in [6.45, 7) is 6.78. The third-order valence-corrected chi connectivity index (χ3v) is 5.65. The highest BCUT2D eigenvalue weighted by Gasteiger charge is 2.37. The molecule has 0 spiro atoms. The van der Waals surface area contributed by atoms with Crippen molar-refractivity contribution in [3.63, 3.8) is 0 Å². The van der Waals surface area contributed by atoms with E-state index in [1.54, 1.807) is 16.8 Å². The number of amidine groups is 1. The van der Waals surface area contributed by atoms with E-state index in [1.165, 1.54) is 24.8 Å². The predicted octanol–water partition coefficient (Wildman–Crippen LogP) is 0.236. The number of carbonyl (C=O) groups is 3. The van der Waals surface area contributed by atoms with Gasteiger partial charge in [0.25, 0.3) is 0 Å². The molecule has 0 aliphatic carbocycles. The molecule has 2 fully saturated rings. The van der Waals surface area contributed by atoms with Gasteiger partial charge < -0.3 is 19.9 Å². The minimum Gasteiger partial charge on any atom is -0.456 e. The summed E-state index contributed by atoms with van der Waals surface area (Å²) >= 11 is 1.28. The van der Waals surface area contributed by atoms with Crippen molar-refractivity contribution in [1.82, 2.24) is 15.1 Å². The molecule has 0 saturated carbocycles. The summed E-state index contributed by atoms with van der Waals surface area (Å²) in [5.41, 5.74) is 0. The monoisotopic (exact) mass is 382 g/mol. The lowest BCUT2D eigenvalue weighted by Gasteiger charge is -2.26. The summed E-state index contributed by atoms with van der Waals surface area (Å²) in [6, 6.07) is -0.362. The molecular formula is C17H26N4O4S. The average Bonchev–Trinajstić information content (AvgIpc) is 3.26. The van der Waals surface area contributed by atoms with E-state index in [0.717, 1.165) is 0 Å². The highest BCUT2D eigenvalue weighted by atomic mass is 32.2. The van der Waals surface area contributed by atoms with Crippen LogP contribution >= 0.6 is 11.8 Å². The highest BCUT2D eigenvalue weighted by Crippen LogP contribution is 2.24. The van der Waals surface area contributed by atoms with Crippen molar-refractivity contribution < 1.29 is 19.1 Å². The third kappa shape index (κ3) is 5.07. The molecule has 144 valence electrons. The van der Waals surface area contributed by atoms with Crippen molar-refractivity contribution in [1.29, 1.82) is 5.41 Å². The Balaban J connectivity index is 1.84. The van der Waals surface area contributed by atoms with Gasteiger partial charge in [-0.05, 0) is 12.8 Å². The van der Waals surface area contributed by atoms with Gasteiger partial charge in [0.15, 0.2) is 5.12 Å². The minimum absolute atomic E-state index is 0.0216. The zero-order valence-electron chi connectivity index (χ0n) is 15.2. The topological polar surface area (TPSA) is 103 Å². The lowest BCUT2D eigenvalue weighted by molar-refractivity contribution is -0.135. The number of likely N-dealkylation sites (N-methyl/N-ethyl adjacent to an activating group) is 1. The predicted molar refractivity (Wildman–Crippen MR) is 100 cm³/mol. The molecule has 2 rings (SSSR count). The van der Waals surface area contributed by atoms with Crippen LogP contribution in [0.3, 0.4) is 0 Å². The van der Waals surface area contributed by atoms with Crippen LogP contribution in [0.4, 0.5) is 0 Å². The molecule has 2 saturated heterocycles. The minimum atomic E-state index is -0.696. The fourth-order valence-electron chi connectivity index (χ4n) is 3.22. The van der Waals surface area contributed by atoms with E-state index in [1.807, 2.05) is 0 Å². The Morgan fingerprint density at radius 1 is 1.46 bits per heavy atom. The van der Waals surface area contributed by atoms with Gasteiger partial charge in [0, 0.05) is 44.9 Å². The van der Waals surface area contributed by atoms with E-state index >= 15 is 0 Å². The lowest BCUT2D eigenvalue weighted by Crippen LogP contribution is -2.46. The van der Waals surface area contributed by atoms with Gasteiger partial charge in [0.2, 0.25) is 11.7 Å². The fraction of sp³-hybridized carbons (Fsp3) is 0.647. The Hall–Kier alpha value is -1.87. The van der Waals surface area contributed by atoms with E-state index in [9.17, 15) is 14.4 Å². The Kier molecular flexibility index (Phi) is 7.22. The summed E-state index contributed by atoms with van der Waals surface area (Å²) < 4.78 is 4.89. The molecule has 0 aromatic carbocycles. The molecule has 0 aromatic heterocycles. The number of amides is 1. The summed E-state index contributed by atoms with van der Waals surface area (Å²) in [5.74, 6) is -0.893. The van der Waals surface area contributed by atoms with Crippen molar-refractivity contribution in [3.05, 3.63) is 12.7 Å². The van der Waals surface area contributed by atoms with Crippen molar-refractivity contribution in [2.24, 2.45) is 0 Å². The van der Waals surface area contributed by atoms with Crippen LogP contribution in [0.5, 0.6) is 0 Å². The van der Waals surface area contributed by atoms with Crippen LogP contribution in [0.2, 0.25) is 0 Å². The first-order valence-corrected chi connectivity index (χ1v) is 9.50. The van der Waals surface area contributed by atoms with Crippen LogP contribution in [-0.4, -0.2) is 83.2 Å². The van der Waals surface area contributed by atoms with E-state index in [2.05, 4.69) is 11.9 Å². The number of hydrogen-bond donors (Lipinski definition) is 2. The van der Waals surface area contributed by atoms with E-state index in [4.69, 9.17) is 10.1 Å². The maximum Gasteiger partial charge on any atom is 0.373 e. The van der Waals surface area contributed by atoms with E-state index in [0.29, 0.717) is 32.5 Å². The van der Waals surface area contributed by atoms with Crippen LogP contribution in [0.1, 0.15) is 19.8 Å². The number of likely N-dealkylation sites (tertiary alicyclic amines) is 1. The van der Waals surface area contributed by atoms with Crippen molar-refractivity contribution >= 4 is 34.6 Å². The van der Waals surface area contributed by atoms with Gasteiger partial charge in [-0.2, -0.15) is 0 Å². The summed E-state index contributed by atoms with van der Waals surface area (Å²) in [7, 11) is 1.67. The number of ether oxygens (including phenoxy) is 1. The standard InChI is InChI=1S/C17H26N4O4S/c1-4-7-25-17(24)15(18)20(3)12-5-6-21(10-12)16(23)14-8-13(9-19-14)26-11(2)22/h4,12-14,18-19H,1,5-10H2,2-3H3/t12-,13-,14-/m0/s1. The van der Waals surface area contributed by atoms with Gasteiger partial charge in [-0.1, -0.05) is 24.4 Å². The second-order valence-electron chi connectivity index (χ2n) is 6.50. The van der Waals surface area contributed by atoms with Gasteiger partial charge in [-0.25, -0.2) is 4.79 Å². The first kappa shape index (κ1) is 20.4. The highest BCUT2D eigenvalue weighted by molar-refractivity contribution is 8.14. The first-order valence-electron chi connectivity index (χ1n) is 8.62. The number of carbonyl (C=O) groups excluding carboxylic acids is 3. The van der Waals surface area contributed by atoms with Crippen molar-refractivity contribution in [2.75, 3.05) is 33.3 Å².